The second kappa shape index (κ2) is 6.25. The summed E-state index contributed by atoms with van der Waals surface area (Å²) in [5.41, 5.74) is 1.81. The summed E-state index contributed by atoms with van der Waals surface area (Å²) >= 11 is 1.60. The first-order chi connectivity index (χ1) is 10.6. The minimum atomic E-state index is -0.292. The molecule has 22 heavy (non-hydrogen) atoms. The number of hydrogen-bond donors (Lipinski definition) is 1. The summed E-state index contributed by atoms with van der Waals surface area (Å²) in [6.45, 7) is 0. The standard InChI is InChI=1S/C17H17N3OS/c1-20(2)16(14-6-8-22-11-14)17(21)19-15-4-3-13-10-18-7-5-12(13)9-15/h3-11,16H,1-2H3,(H,19,21). The van der Waals surface area contributed by atoms with Gasteiger partial charge in [-0.3, -0.25) is 14.7 Å². The van der Waals surface area contributed by atoms with Crippen LogP contribution in [0, 0.1) is 0 Å². The highest BCUT2D eigenvalue weighted by molar-refractivity contribution is 7.08. The number of anilines is 1. The number of pyridine rings is 1. The normalized spacial score (nSPS) is 12.5. The highest BCUT2D eigenvalue weighted by Crippen LogP contribution is 2.24. The maximum atomic E-state index is 12.6. The lowest BCUT2D eigenvalue weighted by molar-refractivity contribution is -0.120. The first-order valence-corrected chi connectivity index (χ1v) is 7.92. The molecule has 0 saturated heterocycles. The molecule has 112 valence electrons. The minimum absolute atomic E-state index is 0.0307. The lowest BCUT2D eigenvalue weighted by Crippen LogP contribution is -2.31. The molecule has 1 atom stereocenters. The van der Waals surface area contributed by atoms with Gasteiger partial charge in [-0.05, 0) is 60.1 Å². The zero-order chi connectivity index (χ0) is 15.5. The summed E-state index contributed by atoms with van der Waals surface area (Å²) in [4.78, 5) is 18.6. The molecule has 1 aromatic carbocycles. The fourth-order valence-corrected chi connectivity index (χ4v) is 3.17. The van der Waals surface area contributed by atoms with E-state index in [2.05, 4.69) is 10.3 Å². The van der Waals surface area contributed by atoms with Gasteiger partial charge in [-0.25, -0.2) is 0 Å². The van der Waals surface area contributed by atoms with Gasteiger partial charge in [0.1, 0.15) is 6.04 Å². The van der Waals surface area contributed by atoms with Crippen LogP contribution >= 0.6 is 11.3 Å². The Balaban J connectivity index is 1.85. The third-order valence-electron chi connectivity index (χ3n) is 3.53. The van der Waals surface area contributed by atoms with Gasteiger partial charge >= 0.3 is 0 Å². The number of carbonyl (C=O) groups excluding carboxylic acids is 1. The van der Waals surface area contributed by atoms with Gasteiger partial charge in [0.15, 0.2) is 0 Å². The van der Waals surface area contributed by atoms with Crippen molar-refractivity contribution in [1.82, 2.24) is 9.88 Å². The maximum Gasteiger partial charge on any atom is 0.246 e. The number of benzene rings is 1. The lowest BCUT2D eigenvalue weighted by atomic mass is 10.1. The zero-order valence-corrected chi connectivity index (χ0v) is 13.3. The third kappa shape index (κ3) is 3.00. The first kappa shape index (κ1) is 14.7. The molecule has 0 radical (unpaired) electrons. The van der Waals surface area contributed by atoms with E-state index in [1.165, 1.54) is 0 Å². The van der Waals surface area contributed by atoms with Crippen molar-refractivity contribution in [2.45, 2.75) is 6.04 Å². The van der Waals surface area contributed by atoms with Crippen LogP contribution in [-0.4, -0.2) is 29.9 Å². The summed E-state index contributed by atoms with van der Waals surface area (Å²) in [5, 5.41) is 9.12. The van der Waals surface area contributed by atoms with Crippen molar-refractivity contribution < 1.29 is 4.79 Å². The van der Waals surface area contributed by atoms with Gasteiger partial charge in [0.05, 0.1) is 0 Å². The van der Waals surface area contributed by atoms with Crippen molar-refractivity contribution in [2.24, 2.45) is 0 Å². The highest BCUT2D eigenvalue weighted by Gasteiger charge is 2.23. The van der Waals surface area contributed by atoms with E-state index in [9.17, 15) is 4.79 Å². The number of nitrogens with zero attached hydrogens (tertiary/aromatic N) is 2. The van der Waals surface area contributed by atoms with Gasteiger partial charge in [0.25, 0.3) is 0 Å². The van der Waals surface area contributed by atoms with Crippen LogP contribution in [0.15, 0.2) is 53.5 Å². The number of rotatable bonds is 4. The molecule has 2 heterocycles. The Hall–Kier alpha value is -2.24. The predicted octanol–water partition coefficient (Wildman–Crippen LogP) is 3.54. The van der Waals surface area contributed by atoms with Crippen molar-refractivity contribution >= 4 is 33.7 Å². The van der Waals surface area contributed by atoms with Gasteiger partial charge in [0.2, 0.25) is 5.91 Å². The van der Waals surface area contributed by atoms with Crippen LogP contribution in [-0.2, 0) is 4.79 Å². The van der Waals surface area contributed by atoms with Crippen molar-refractivity contribution in [3.05, 3.63) is 59.0 Å². The van der Waals surface area contributed by atoms with E-state index in [1.54, 1.807) is 17.5 Å². The largest absolute Gasteiger partial charge is 0.324 e. The molecule has 4 nitrogen and oxygen atoms in total. The molecule has 3 aromatic rings. The van der Waals surface area contributed by atoms with Crippen LogP contribution in [0.1, 0.15) is 11.6 Å². The smallest absolute Gasteiger partial charge is 0.246 e. The quantitative estimate of drug-likeness (QED) is 0.801. The van der Waals surface area contributed by atoms with Crippen LogP contribution in [0.3, 0.4) is 0 Å². The van der Waals surface area contributed by atoms with E-state index in [-0.39, 0.29) is 11.9 Å². The lowest BCUT2D eigenvalue weighted by Gasteiger charge is -2.22. The molecule has 0 aliphatic rings. The molecule has 0 aliphatic heterocycles. The number of aromatic nitrogens is 1. The Labute approximate surface area is 133 Å². The van der Waals surface area contributed by atoms with E-state index in [4.69, 9.17) is 0 Å². The Morgan fingerprint density at radius 3 is 2.82 bits per heavy atom. The average Bonchev–Trinajstić information content (AvgIpc) is 3.00. The van der Waals surface area contributed by atoms with Crippen LogP contribution in [0.2, 0.25) is 0 Å². The van der Waals surface area contributed by atoms with Crippen LogP contribution in [0.4, 0.5) is 5.69 Å². The number of thiophene rings is 1. The highest BCUT2D eigenvalue weighted by atomic mass is 32.1. The molecule has 1 N–H and O–H groups in total. The Morgan fingerprint density at radius 2 is 2.09 bits per heavy atom. The molecule has 1 unspecified atom stereocenters. The van der Waals surface area contributed by atoms with Crippen LogP contribution < -0.4 is 5.32 Å². The Kier molecular flexibility index (Phi) is 4.18. The van der Waals surface area contributed by atoms with E-state index < -0.39 is 0 Å². The van der Waals surface area contributed by atoms with Gasteiger partial charge in [-0.15, -0.1) is 0 Å². The Bertz CT molecular complexity index is 783. The predicted molar refractivity (Wildman–Crippen MR) is 91.1 cm³/mol. The fraction of sp³-hybridized carbons (Fsp3) is 0.176. The number of hydrogen-bond acceptors (Lipinski definition) is 4. The topological polar surface area (TPSA) is 45.2 Å². The SMILES string of the molecule is CN(C)C(C(=O)Nc1ccc2cnccc2c1)c1ccsc1. The van der Waals surface area contributed by atoms with E-state index >= 15 is 0 Å². The zero-order valence-electron chi connectivity index (χ0n) is 12.5. The summed E-state index contributed by atoms with van der Waals surface area (Å²) in [6.07, 6.45) is 3.57. The number of carbonyl (C=O) groups is 1. The molecular formula is C17H17N3OS. The molecule has 0 bridgehead atoms. The molecule has 3 rings (SSSR count). The molecule has 1 amide bonds. The van der Waals surface area contributed by atoms with Gasteiger partial charge < -0.3 is 5.32 Å². The third-order valence-corrected chi connectivity index (χ3v) is 4.23. The number of amides is 1. The molecule has 2 aromatic heterocycles. The van der Waals surface area contributed by atoms with E-state index in [1.807, 2.05) is 66.3 Å². The van der Waals surface area contributed by atoms with Crippen molar-refractivity contribution in [2.75, 3.05) is 19.4 Å². The van der Waals surface area contributed by atoms with Crippen molar-refractivity contribution in [3.8, 4) is 0 Å². The number of nitrogens with one attached hydrogen (secondary N) is 1. The van der Waals surface area contributed by atoms with E-state index in [0.29, 0.717) is 0 Å². The number of likely N-dealkylation sites (N-methyl/N-ethyl adjacent to an activating group) is 1. The van der Waals surface area contributed by atoms with Crippen molar-refractivity contribution in [3.63, 3.8) is 0 Å². The van der Waals surface area contributed by atoms with E-state index in [0.717, 1.165) is 22.0 Å². The van der Waals surface area contributed by atoms with Crippen LogP contribution in [0.25, 0.3) is 10.8 Å². The maximum absolute atomic E-state index is 12.6. The average molecular weight is 311 g/mol. The van der Waals surface area contributed by atoms with Gasteiger partial charge in [-0.2, -0.15) is 11.3 Å². The fourth-order valence-electron chi connectivity index (χ4n) is 2.49. The molecule has 5 heteroatoms. The Morgan fingerprint density at radius 1 is 1.23 bits per heavy atom. The summed E-state index contributed by atoms with van der Waals surface area (Å²) in [5.74, 6) is -0.0307. The molecule has 0 aliphatic carbocycles. The van der Waals surface area contributed by atoms with Gasteiger partial charge in [-0.1, -0.05) is 6.07 Å². The summed E-state index contributed by atoms with van der Waals surface area (Å²) in [6, 6.07) is 9.47. The second-order valence-electron chi connectivity index (χ2n) is 5.35. The molecule has 0 fully saturated rings. The van der Waals surface area contributed by atoms with Crippen molar-refractivity contribution in [1.29, 1.82) is 0 Å². The monoisotopic (exact) mass is 311 g/mol. The van der Waals surface area contributed by atoms with Gasteiger partial charge in [0, 0.05) is 23.5 Å². The first-order valence-electron chi connectivity index (χ1n) is 6.98. The minimum Gasteiger partial charge on any atom is -0.324 e. The second-order valence-corrected chi connectivity index (χ2v) is 6.13. The molecular weight excluding hydrogens is 294 g/mol. The summed E-state index contributed by atoms with van der Waals surface area (Å²) in [7, 11) is 3.82. The van der Waals surface area contributed by atoms with Crippen LogP contribution in [0.5, 0.6) is 0 Å². The molecule has 0 spiro atoms. The summed E-state index contributed by atoms with van der Waals surface area (Å²) < 4.78 is 0. The number of fused-ring (bicyclic) bond motifs is 1. The molecule has 0 saturated carbocycles.